The number of benzene rings is 2. The highest BCUT2D eigenvalue weighted by molar-refractivity contribution is 6.34. The SMILES string of the molecule is Cc1ccccc1N1C(=O)c2ccc(C(=O)OCC(=O)N3CCCC[C@@H]3C)cc2C1=O. The summed E-state index contributed by atoms with van der Waals surface area (Å²) in [6.07, 6.45) is 2.98. The Morgan fingerprint density at radius 1 is 1.03 bits per heavy atom. The normalized spacial score (nSPS) is 18.2. The molecule has 1 saturated heterocycles. The van der Waals surface area contributed by atoms with Crippen molar-refractivity contribution in [3.8, 4) is 0 Å². The molecule has 31 heavy (non-hydrogen) atoms. The van der Waals surface area contributed by atoms with E-state index in [1.165, 1.54) is 18.2 Å². The molecule has 0 unspecified atom stereocenters. The summed E-state index contributed by atoms with van der Waals surface area (Å²) in [5.74, 6) is -1.83. The lowest BCUT2D eigenvalue weighted by molar-refractivity contribution is -0.137. The van der Waals surface area contributed by atoms with Crippen molar-refractivity contribution in [2.24, 2.45) is 0 Å². The molecule has 1 atom stereocenters. The Balaban J connectivity index is 1.49. The van der Waals surface area contributed by atoms with Crippen molar-refractivity contribution >= 4 is 29.4 Å². The Hall–Kier alpha value is -3.48. The molecule has 2 aliphatic heterocycles. The number of carbonyl (C=O) groups is 4. The summed E-state index contributed by atoms with van der Waals surface area (Å²) in [5.41, 5.74) is 1.83. The molecule has 0 bridgehead atoms. The van der Waals surface area contributed by atoms with E-state index in [1.807, 2.05) is 26.0 Å². The highest BCUT2D eigenvalue weighted by Crippen LogP contribution is 2.31. The summed E-state index contributed by atoms with van der Waals surface area (Å²) in [6.45, 7) is 4.13. The molecule has 2 aliphatic rings. The fraction of sp³-hybridized carbons (Fsp3) is 0.333. The van der Waals surface area contributed by atoms with E-state index in [4.69, 9.17) is 4.74 Å². The topological polar surface area (TPSA) is 84.0 Å². The van der Waals surface area contributed by atoms with Crippen molar-refractivity contribution in [1.29, 1.82) is 0 Å². The summed E-state index contributed by atoms with van der Waals surface area (Å²) in [6, 6.07) is 11.5. The summed E-state index contributed by atoms with van der Waals surface area (Å²) in [7, 11) is 0. The van der Waals surface area contributed by atoms with Gasteiger partial charge in [-0.1, -0.05) is 18.2 Å². The number of esters is 1. The molecule has 0 spiro atoms. The van der Waals surface area contributed by atoms with E-state index in [1.54, 1.807) is 17.0 Å². The van der Waals surface area contributed by atoms with E-state index in [2.05, 4.69) is 0 Å². The highest BCUT2D eigenvalue weighted by Gasteiger charge is 2.38. The minimum absolute atomic E-state index is 0.131. The van der Waals surface area contributed by atoms with Crippen molar-refractivity contribution in [3.63, 3.8) is 0 Å². The van der Waals surface area contributed by atoms with Crippen LogP contribution in [0.3, 0.4) is 0 Å². The third kappa shape index (κ3) is 3.83. The van der Waals surface area contributed by atoms with Gasteiger partial charge in [0, 0.05) is 12.6 Å². The first kappa shape index (κ1) is 20.8. The smallest absolute Gasteiger partial charge is 0.338 e. The molecule has 0 radical (unpaired) electrons. The van der Waals surface area contributed by atoms with Gasteiger partial charge in [-0.15, -0.1) is 0 Å². The highest BCUT2D eigenvalue weighted by atomic mass is 16.5. The first-order valence-electron chi connectivity index (χ1n) is 10.4. The number of rotatable bonds is 4. The lowest BCUT2D eigenvalue weighted by Crippen LogP contribution is -2.44. The van der Waals surface area contributed by atoms with Gasteiger partial charge in [-0.3, -0.25) is 14.4 Å². The van der Waals surface area contributed by atoms with Crippen LogP contribution in [0.5, 0.6) is 0 Å². The molecule has 2 aromatic rings. The van der Waals surface area contributed by atoms with Crippen LogP contribution >= 0.6 is 0 Å². The average Bonchev–Trinajstić information content (AvgIpc) is 3.02. The summed E-state index contributed by atoms with van der Waals surface area (Å²) in [5, 5.41) is 0. The first-order valence-corrected chi connectivity index (χ1v) is 10.4. The molecule has 4 rings (SSSR count). The number of aryl methyl sites for hydroxylation is 1. The molecule has 7 nitrogen and oxygen atoms in total. The Morgan fingerprint density at radius 2 is 1.77 bits per heavy atom. The zero-order chi connectivity index (χ0) is 22.1. The number of ether oxygens (including phenoxy) is 1. The Morgan fingerprint density at radius 3 is 2.52 bits per heavy atom. The van der Waals surface area contributed by atoms with Crippen LogP contribution in [0.1, 0.15) is 62.8 Å². The number of imide groups is 1. The van der Waals surface area contributed by atoms with Gasteiger partial charge in [0.15, 0.2) is 6.61 Å². The van der Waals surface area contributed by atoms with Gasteiger partial charge in [0.05, 0.1) is 22.4 Å². The van der Waals surface area contributed by atoms with E-state index in [9.17, 15) is 19.2 Å². The van der Waals surface area contributed by atoms with Crippen molar-refractivity contribution in [3.05, 3.63) is 64.7 Å². The Labute approximate surface area is 180 Å². The molecular weight excluding hydrogens is 396 g/mol. The van der Waals surface area contributed by atoms with Gasteiger partial charge in [-0.05, 0) is 62.9 Å². The predicted octanol–water partition coefficient (Wildman–Crippen LogP) is 3.35. The number of anilines is 1. The van der Waals surface area contributed by atoms with Gasteiger partial charge < -0.3 is 9.64 Å². The number of fused-ring (bicyclic) bond motifs is 1. The zero-order valence-electron chi connectivity index (χ0n) is 17.6. The number of piperidine rings is 1. The average molecular weight is 420 g/mol. The van der Waals surface area contributed by atoms with Crippen LogP contribution in [0.15, 0.2) is 42.5 Å². The molecule has 7 heteroatoms. The number of hydrogen-bond acceptors (Lipinski definition) is 5. The molecule has 0 N–H and O–H groups in total. The number of likely N-dealkylation sites (tertiary alicyclic amines) is 1. The lowest BCUT2D eigenvalue weighted by Gasteiger charge is -2.33. The minimum Gasteiger partial charge on any atom is -0.452 e. The van der Waals surface area contributed by atoms with E-state index in [0.717, 1.165) is 29.7 Å². The van der Waals surface area contributed by atoms with Crippen LogP contribution in [0.4, 0.5) is 5.69 Å². The van der Waals surface area contributed by atoms with Crippen molar-refractivity contribution in [1.82, 2.24) is 4.90 Å². The predicted molar refractivity (Wildman–Crippen MR) is 114 cm³/mol. The molecule has 3 amide bonds. The number of nitrogens with zero attached hydrogens (tertiary/aromatic N) is 2. The van der Waals surface area contributed by atoms with Gasteiger partial charge >= 0.3 is 5.97 Å². The van der Waals surface area contributed by atoms with Crippen molar-refractivity contribution in [2.75, 3.05) is 18.1 Å². The maximum absolute atomic E-state index is 12.9. The number of amides is 3. The Bertz CT molecular complexity index is 1080. The van der Waals surface area contributed by atoms with Gasteiger partial charge in [-0.2, -0.15) is 0 Å². The van der Waals surface area contributed by atoms with Gasteiger partial charge in [0.2, 0.25) is 0 Å². The second-order valence-corrected chi connectivity index (χ2v) is 8.00. The fourth-order valence-corrected chi connectivity index (χ4v) is 4.16. The van der Waals surface area contributed by atoms with Crippen LogP contribution in [0.25, 0.3) is 0 Å². The molecule has 0 saturated carbocycles. The number of para-hydroxylation sites is 1. The number of carbonyl (C=O) groups excluding carboxylic acids is 4. The maximum atomic E-state index is 12.9. The quantitative estimate of drug-likeness (QED) is 0.559. The Kier molecular flexibility index (Phi) is 5.59. The van der Waals surface area contributed by atoms with E-state index < -0.39 is 17.8 Å². The second-order valence-electron chi connectivity index (χ2n) is 8.00. The van der Waals surface area contributed by atoms with Crippen LogP contribution < -0.4 is 4.90 Å². The molecule has 0 aliphatic carbocycles. The van der Waals surface area contributed by atoms with E-state index >= 15 is 0 Å². The van der Waals surface area contributed by atoms with Crippen molar-refractivity contribution in [2.45, 2.75) is 39.2 Å². The van der Waals surface area contributed by atoms with Crippen LogP contribution in [-0.4, -0.2) is 47.8 Å². The summed E-state index contributed by atoms with van der Waals surface area (Å²) < 4.78 is 5.20. The van der Waals surface area contributed by atoms with Crippen LogP contribution in [-0.2, 0) is 9.53 Å². The zero-order valence-corrected chi connectivity index (χ0v) is 17.6. The molecule has 2 aromatic carbocycles. The van der Waals surface area contributed by atoms with Gasteiger partial charge in [-0.25, -0.2) is 9.69 Å². The van der Waals surface area contributed by atoms with E-state index in [0.29, 0.717) is 12.2 Å². The third-order valence-corrected chi connectivity index (χ3v) is 5.93. The molecular formula is C24H24N2O5. The minimum atomic E-state index is -0.699. The largest absolute Gasteiger partial charge is 0.452 e. The summed E-state index contributed by atoms with van der Waals surface area (Å²) in [4.78, 5) is 53.5. The number of hydrogen-bond donors (Lipinski definition) is 0. The molecule has 1 fully saturated rings. The van der Waals surface area contributed by atoms with Crippen molar-refractivity contribution < 1.29 is 23.9 Å². The van der Waals surface area contributed by atoms with Crippen LogP contribution in [0.2, 0.25) is 0 Å². The second kappa shape index (κ2) is 8.34. The maximum Gasteiger partial charge on any atom is 0.338 e. The first-order chi connectivity index (χ1) is 14.9. The van der Waals surface area contributed by atoms with Gasteiger partial charge in [0.1, 0.15) is 0 Å². The third-order valence-electron chi connectivity index (χ3n) is 5.93. The molecule has 2 heterocycles. The van der Waals surface area contributed by atoms with Crippen LogP contribution in [0, 0.1) is 6.92 Å². The lowest BCUT2D eigenvalue weighted by atomic mass is 10.0. The molecule has 0 aromatic heterocycles. The standard InChI is InChI=1S/C24H24N2O5/c1-15-7-3-4-9-20(15)26-22(28)18-11-10-17(13-19(18)23(26)29)24(30)31-14-21(27)25-12-6-5-8-16(25)2/h3-4,7,9-11,13,16H,5-6,8,12,14H2,1-2H3/t16-/m0/s1. The molecule has 160 valence electrons. The monoisotopic (exact) mass is 420 g/mol. The fourth-order valence-electron chi connectivity index (χ4n) is 4.16. The van der Waals surface area contributed by atoms with Gasteiger partial charge in [0.25, 0.3) is 17.7 Å². The summed E-state index contributed by atoms with van der Waals surface area (Å²) >= 11 is 0. The van der Waals surface area contributed by atoms with E-state index in [-0.39, 0.29) is 35.2 Å².